The highest BCUT2D eigenvalue weighted by atomic mass is 16.7. The Labute approximate surface area is 68.1 Å². The number of nitrogens with two attached hydrogens (primary N) is 1. The minimum Gasteiger partial charge on any atom is -0.451 e. The first kappa shape index (κ1) is 6.90. The van der Waals surface area contributed by atoms with E-state index >= 15 is 0 Å². The van der Waals surface area contributed by atoms with E-state index in [0.29, 0.717) is 17.2 Å². The Morgan fingerprint density at radius 1 is 1.58 bits per heavy atom. The van der Waals surface area contributed by atoms with Crippen LogP contribution in [0.5, 0.6) is 11.6 Å². The molecule has 1 aromatic rings. The predicted octanol–water partition coefficient (Wildman–Crippen LogP) is -0.0908. The Bertz CT molecular complexity index is 337. The van der Waals surface area contributed by atoms with Gasteiger partial charge < -0.3 is 15.2 Å². The van der Waals surface area contributed by atoms with Crippen molar-refractivity contribution in [3.63, 3.8) is 0 Å². The molecule has 5 nitrogen and oxygen atoms in total. The molecule has 0 saturated carbocycles. The fourth-order valence-corrected chi connectivity index (χ4v) is 1.01. The van der Waals surface area contributed by atoms with E-state index in [0.717, 1.165) is 0 Å². The van der Waals surface area contributed by atoms with Gasteiger partial charge in [0.25, 0.3) is 11.8 Å². The molecule has 5 heteroatoms. The van der Waals surface area contributed by atoms with E-state index in [9.17, 15) is 4.79 Å². The molecule has 0 radical (unpaired) electrons. The number of pyridine rings is 1. The van der Waals surface area contributed by atoms with E-state index in [4.69, 9.17) is 15.2 Å². The normalized spacial score (nSPS) is 13.0. The standard InChI is InChI=1S/C7H6N2O3/c8-6(10)4-1-2-9-7-5(4)11-3-12-7/h1-2H,3H2,(H2,8,10). The Kier molecular flexibility index (Phi) is 1.36. The van der Waals surface area contributed by atoms with Gasteiger partial charge in [0.1, 0.15) is 0 Å². The minimum absolute atomic E-state index is 0.0899. The molecule has 1 amide bonds. The van der Waals surface area contributed by atoms with E-state index in [2.05, 4.69) is 4.98 Å². The fraction of sp³-hybridized carbons (Fsp3) is 0.143. The first-order valence-corrected chi connectivity index (χ1v) is 3.33. The van der Waals surface area contributed by atoms with Crippen LogP contribution in [0.25, 0.3) is 0 Å². The molecule has 2 rings (SSSR count). The maximum atomic E-state index is 10.8. The van der Waals surface area contributed by atoms with E-state index in [1.165, 1.54) is 12.3 Å². The van der Waals surface area contributed by atoms with Crippen LogP contribution < -0.4 is 15.2 Å². The molecule has 0 aromatic carbocycles. The van der Waals surface area contributed by atoms with E-state index in [1.807, 2.05) is 0 Å². The van der Waals surface area contributed by atoms with Gasteiger partial charge in [-0.15, -0.1) is 0 Å². The molecule has 0 spiro atoms. The quantitative estimate of drug-likeness (QED) is 0.632. The van der Waals surface area contributed by atoms with Gasteiger partial charge in [0.15, 0.2) is 5.75 Å². The number of amides is 1. The second-order valence-electron chi connectivity index (χ2n) is 2.26. The fourth-order valence-electron chi connectivity index (χ4n) is 1.01. The van der Waals surface area contributed by atoms with Crippen LogP contribution in [-0.4, -0.2) is 17.7 Å². The lowest BCUT2D eigenvalue weighted by molar-refractivity contribution is 0.0995. The molecule has 62 valence electrons. The van der Waals surface area contributed by atoms with Crippen molar-refractivity contribution in [1.82, 2.24) is 4.98 Å². The third kappa shape index (κ3) is 0.868. The number of hydrogen-bond acceptors (Lipinski definition) is 4. The van der Waals surface area contributed by atoms with Crippen molar-refractivity contribution in [2.45, 2.75) is 0 Å². The zero-order chi connectivity index (χ0) is 8.55. The molecule has 0 aliphatic carbocycles. The molecular formula is C7H6N2O3. The average Bonchev–Trinajstić information content (AvgIpc) is 2.49. The van der Waals surface area contributed by atoms with Crippen LogP contribution >= 0.6 is 0 Å². The lowest BCUT2D eigenvalue weighted by atomic mass is 10.2. The van der Waals surface area contributed by atoms with Crippen molar-refractivity contribution in [3.8, 4) is 11.6 Å². The molecule has 2 N–H and O–H groups in total. The van der Waals surface area contributed by atoms with Crippen molar-refractivity contribution in [1.29, 1.82) is 0 Å². The maximum absolute atomic E-state index is 10.8. The summed E-state index contributed by atoms with van der Waals surface area (Å²) >= 11 is 0. The summed E-state index contributed by atoms with van der Waals surface area (Å²) in [5.41, 5.74) is 5.39. The largest absolute Gasteiger partial charge is 0.451 e. The third-order valence-electron chi connectivity index (χ3n) is 1.54. The van der Waals surface area contributed by atoms with Crippen molar-refractivity contribution in [3.05, 3.63) is 17.8 Å². The number of rotatable bonds is 1. The predicted molar refractivity (Wildman–Crippen MR) is 38.9 cm³/mol. The molecule has 0 unspecified atom stereocenters. The highest BCUT2D eigenvalue weighted by Gasteiger charge is 2.21. The Hall–Kier alpha value is -1.78. The first-order valence-electron chi connectivity index (χ1n) is 3.33. The number of fused-ring (bicyclic) bond motifs is 1. The van der Waals surface area contributed by atoms with Crippen LogP contribution in [0.4, 0.5) is 0 Å². The van der Waals surface area contributed by atoms with Crippen LogP contribution in [0.3, 0.4) is 0 Å². The third-order valence-corrected chi connectivity index (χ3v) is 1.54. The average molecular weight is 166 g/mol. The monoisotopic (exact) mass is 166 g/mol. The topological polar surface area (TPSA) is 74.4 Å². The van der Waals surface area contributed by atoms with Crippen molar-refractivity contribution >= 4 is 5.91 Å². The smallest absolute Gasteiger partial charge is 0.260 e. The molecule has 0 fully saturated rings. The summed E-state index contributed by atoms with van der Waals surface area (Å²) < 4.78 is 9.95. The number of aromatic nitrogens is 1. The number of primary amides is 1. The van der Waals surface area contributed by atoms with Gasteiger partial charge in [-0.1, -0.05) is 0 Å². The summed E-state index contributed by atoms with van der Waals surface area (Å²) in [6.07, 6.45) is 1.45. The van der Waals surface area contributed by atoms with Gasteiger partial charge >= 0.3 is 0 Å². The molecule has 1 aliphatic rings. The second kappa shape index (κ2) is 2.37. The van der Waals surface area contributed by atoms with Gasteiger partial charge in [-0.05, 0) is 6.07 Å². The van der Waals surface area contributed by atoms with Crippen molar-refractivity contribution in [2.75, 3.05) is 6.79 Å². The second-order valence-corrected chi connectivity index (χ2v) is 2.26. The molecule has 1 aromatic heterocycles. The van der Waals surface area contributed by atoms with Gasteiger partial charge in [0.2, 0.25) is 6.79 Å². The zero-order valence-electron chi connectivity index (χ0n) is 6.11. The maximum Gasteiger partial charge on any atom is 0.260 e. The van der Waals surface area contributed by atoms with Crippen LogP contribution in [0.2, 0.25) is 0 Å². The van der Waals surface area contributed by atoms with Gasteiger partial charge in [0, 0.05) is 6.20 Å². The summed E-state index contributed by atoms with van der Waals surface area (Å²) in [7, 11) is 0. The number of carbonyl (C=O) groups excluding carboxylic acids is 1. The Balaban J connectivity index is 2.56. The summed E-state index contributed by atoms with van der Waals surface area (Å²) in [5, 5.41) is 0. The number of hydrogen-bond donors (Lipinski definition) is 1. The molecular weight excluding hydrogens is 160 g/mol. The van der Waals surface area contributed by atoms with Gasteiger partial charge in [-0.2, -0.15) is 0 Å². The summed E-state index contributed by atoms with van der Waals surface area (Å²) in [6, 6.07) is 1.50. The SMILES string of the molecule is NC(=O)c1ccnc2c1OCO2. The lowest BCUT2D eigenvalue weighted by Crippen LogP contribution is -2.11. The molecule has 0 atom stereocenters. The van der Waals surface area contributed by atoms with E-state index in [-0.39, 0.29) is 6.79 Å². The molecule has 0 bridgehead atoms. The molecule has 1 aliphatic heterocycles. The van der Waals surface area contributed by atoms with Gasteiger partial charge in [0.05, 0.1) is 5.56 Å². The van der Waals surface area contributed by atoms with E-state index < -0.39 is 5.91 Å². The molecule has 2 heterocycles. The Morgan fingerprint density at radius 3 is 3.17 bits per heavy atom. The molecule has 12 heavy (non-hydrogen) atoms. The number of nitrogens with zero attached hydrogens (tertiary/aromatic N) is 1. The van der Waals surface area contributed by atoms with E-state index in [1.54, 1.807) is 0 Å². The van der Waals surface area contributed by atoms with Crippen molar-refractivity contribution in [2.24, 2.45) is 5.73 Å². The highest BCUT2D eigenvalue weighted by Crippen LogP contribution is 2.32. The molecule has 0 saturated heterocycles. The van der Waals surface area contributed by atoms with Crippen LogP contribution in [0.1, 0.15) is 10.4 Å². The summed E-state index contributed by atoms with van der Waals surface area (Å²) in [5.74, 6) is 0.121. The van der Waals surface area contributed by atoms with Gasteiger partial charge in [-0.3, -0.25) is 4.79 Å². The lowest BCUT2D eigenvalue weighted by Gasteiger charge is -1.98. The van der Waals surface area contributed by atoms with Crippen LogP contribution in [-0.2, 0) is 0 Å². The summed E-state index contributed by atoms with van der Waals surface area (Å²) in [6.45, 7) is 0.0899. The van der Waals surface area contributed by atoms with Crippen LogP contribution in [0, 0.1) is 0 Å². The minimum atomic E-state index is -0.542. The number of carbonyl (C=O) groups is 1. The zero-order valence-corrected chi connectivity index (χ0v) is 6.11. The highest BCUT2D eigenvalue weighted by molar-refractivity contribution is 5.96. The first-order chi connectivity index (χ1) is 5.79. The van der Waals surface area contributed by atoms with Crippen LogP contribution in [0.15, 0.2) is 12.3 Å². The Morgan fingerprint density at radius 2 is 2.42 bits per heavy atom. The summed E-state index contributed by atoms with van der Waals surface area (Å²) in [4.78, 5) is 14.7. The number of ether oxygens (including phenoxy) is 2. The van der Waals surface area contributed by atoms with Gasteiger partial charge in [-0.25, -0.2) is 4.98 Å². The van der Waals surface area contributed by atoms with Crippen molar-refractivity contribution < 1.29 is 14.3 Å².